The van der Waals surface area contributed by atoms with E-state index in [-0.39, 0.29) is 6.42 Å². The highest BCUT2D eigenvalue weighted by atomic mass is 35.5. The fourth-order valence-electron chi connectivity index (χ4n) is 2.20. The van der Waals surface area contributed by atoms with Crippen molar-refractivity contribution in [2.75, 3.05) is 11.9 Å². The van der Waals surface area contributed by atoms with Gasteiger partial charge in [-0.15, -0.1) is 0 Å². The first kappa shape index (κ1) is 21.1. The minimum atomic E-state index is -0.895. The first-order valence-electron chi connectivity index (χ1n) is 8.50. The van der Waals surface area contributed by atoms with Crippen LogP contribution in [0.5, 0.6) is 5.75 Å². The summed E-state index contributed by atoms with van der Waals surface area (Å²) in [6, 6.07) is 12.0. The van der Waals surface area contributed by atoms with E-state index >= 15 is 0 Å². The van der Waals surface area contributed by atoms with E-state index in [4.69, 9.17) is 32.7 Å². The third-order valence-corrected chi connectivity index (χ3v) is 4.39. The molecule has 0 radical (unpaired) electrons. The van der Waals surface area contributed by atoms with E-state index in [1.54, 1.807) is 36.4 Å². The summed E-state index contributed by atoms with van der Waals surface area (Å²) in [5.41, 5.74) is 1.51. The van der Waals surface area contributed by atoms with Gasteiger partial charge in [0.2, 0.25) is 0 Å². The van der Waals surface area contributed by atoms with Gasteiger partial charge in [0.1, 0.15) is 5.75 Å². The average Bonchev–Trinajstić information content (AvgIpc) is 2.63. The topological polar surface area (TPSA) is 64.6 Å². The van der Waals surface area contributed by atoms with Crippen LogP contribution in [0.2, 0.25) is 10.0 Å². The Hall–Kier alpha value is -2.24. The molecule has 144 valence electrons. The number of hydrogen-bond donors (Lipinski definition) is 1. The Morgan fingerprint density at radius 3 is 2.48 bits per heavy atom. The molecule has 1 N–H and O–H groups in total. The summed E-state index contributed by atoms with van der Waals surface area (Å²) < 4.78 is 10.7. The molecular weight excluding hydrogens is 389 g/mol. The first-order valence-corrected chi connectivity index (χ1v) is 9.25. The van der Waals surface area contributed by atoms with Crippen LogP contribution >= 0.6 is 23.2 Å². The summed E-state index contributed by atoms with van der Waals surface area (Å²) in [5.74, 6) is -0.163. The highest BCUT2D eigenvalue weighted by Gasteiger charge is 2.17. The van der Waals surface area contributed by atoms with Crippen LogP contribution in [-0.4, -0.2) is 24.6 Å². The van der Waals surface area contributed by atoms with Crippen LogP contribution in [0.3, 0.4) is 0 Å². The zero-order valence-electron chi connectivity index (χ0n) is 15.1. The second-order valence-corrected chi connectivity index (χ2v) is 6.83. The van der Waals surface area contributed by atoms with Crippen molar-refractivity contribution in [1.29, 1.82) is 0 Å². The maximum absolute atomic E-state index is 12.1. The molecule has 0 heterocycles. The van der Waals surface area contributed by atoms with Crippen LogP contribution in [0.1, 0.15) is 25.3 Å². The number of amides is 1. The van der Waals surface area contributed by atoms with Crippen molar-refractivity contribution in [3.63, 3.8) is 0 Å². The van der Waals surface area contributed by atoms with E-state index < -0.39 is 18.0 Å². The molecule has 7 heteroatoms. The molecule has 0 fully saturated rings. The molecule has 0 aliphatic heterocycles. The highest BCUT2D eigenvalue weighted by Crippen LogP contribution is 2.21. The smallest absolute Gasteiger partial charge is 0.306 e. The quantitative estimate of drug-likeness (QED) is 0.490. The predicted molar refractivity (Wildman–Crippen MR) is 107 cm³/mol. The molecule has 0 unspecified atom stereocenters. The van der Waals surface area contributed by atoms with Crippen LogP contribution in [0.4, 0.5) is 5.69 Å². The van der Waals surface area contributed by atoms with Crippen molar-refractivity contribution in [1.82, 2.24) is 0 Å². The van der Waals surface area contributed by atoms with E-state index in [1.165, 1.54) is 6.92 Å². The Morgan fingerprint density at radius 2 is 1.81 bits per heavy atom. The standard InChI is InChI=1S/C20H21Cl2NO4/c1-13-12-17(9-10-18(13)22)26-11-3-4-19(24)27-14(2)20(25)23-16-7-5-15(21)6-8-16/h5-10,12,14H,3-4,11H2,1-2H3,(H,23,25)/t14-/m0/s1. The van der Waals surface area contributed by atoms with Gasteiger partial charge < -0.3 is 14.8 Å². The average molecular weight is 410 g/mol. The third kappa shape index (κ3) is 7.12. The Labute approximate surface area is 168 Å². The molecule has 0 bridgehead atoms. The minimum absolute atomic E-state index is 0.158. The summed E-state index contributed by atoms with van der Waals surface area (Å²) in [7, 11) is 0. The molecule has 27 heavy (non-hydrogen) atoms. The third-order valence-electron chi connectivity index (χ3n) is 3.71. The lowest BCUT2D eigenvalue weighted by Gasteiger charge is -2.14. The summed E-state index contributed by atoms with van der Waals surface area (Å²) in [6.45, 7) is 3.78. The van der Waals surface area contributed by atoms with Crippen molar-refractivity contribution < 1.29 is 19.1 Å². The summed E-state index contributed by atoms with van der Waals surface area (Å²) >= 11 is 11.8. The van der Waals surface area contributed by atoms with Gasteiger partial charge in [-0.3, -0.25) is 9.59 Å². The number of nitrogens with one attached hydrogen (secondary N) is 1. The number of anilines is 1. The van der Waals surface area contributed by atoms with Gasteiger partial charge in [0, 0.05) is 22.2 Å². The second-order valence-electron chi connectivity index (χ2n) is 5.99. The Morgan fingerprint density at radius 1 is 1.11 bits per heavy atom. The van der Waals surface area contributed by atoms with Gasteiger partial charge >= 0.3 is 5.97 Å². The zero-order valence-corrected chi connectivity index (χ0v) is 16.6. The van der Waals surface area contributed by atoms with Crippen molar-refractivity contribution in [2.45, 2.75) is 32.8 Å². The highest BCUT2D eigenvalue weighted by molar-refractivity contribution is 6.31. The number of rotatable bonds is 8. The number of esters is 1. The number of halogens is 2. The van der Waals surface area contributed by atoms with Gasteiger partial charge in [-0.25, -0.2) is 0 Å². The first-order chi connectivity index (χ1) is 12.8. The van der Waals surface area contributed by atoms with Crippen molar-refractivity contribution in [3.8, 4) is 5.75 Å². The van der Waals surface area contributed by atoms with Crippen LogP contribution < -0.4 is 10.1 Å². The van der Waals surface area contributed by atoms with E-state index in [9.17, 15) is 9.59 Å². The molecule has 0 aliphatic rings. The minimum Gasteiger partial charge on any atom is -0.494 e. The van der Waals surface area contributed by atoms with Gasteiger partial charge in [-0.05, 0) is 68.3 Å². The van der Waals surface area contributed by atoms with E-state index in [2.05, 4.69) is 5.32 Å². The lowest BCUT2D eigenvalue weighted by molar-refractivity contribution is -0.153. The maximum atomic E-state index is 12.1. The SMILES string of the molecule is Cc1cc(OCCCC(=O)O[C@@H](C)C(=O)Nc2ccc(Cl)cc2)ccc1Cl. The maximum Gasteiger partial charge on any atom is 0.306 e. The fourth-order valence-corrected chi connectivity index (χ4v) is 2.44. The largest absolute Gasteiger partial charge is 0.494 e. The Balaban J connectivity index is 1.68. The molecule has 2 rings (SSSR count). The van der Waals surface area contributed by atoms with Crippen LogP contribution in [0.15, 0.2) is 42.5 Å². The molecule has 0 aliphatic carbocycles. The molecule has 0 saturated heterocycles. The monoisotopic (exact) mass is 409 g/mol. The number of ether oxygens (including phenoxy) is 2. The van der Waals surface area contributed by atoms with Crippen molar-refractivity contribution in [3.05, 3.63) is 58.1 Å². The van der Waals surface area contributed by atoms with Crippen molar-refractivity contribution in [2.24, 2.45) is 0 Å². The second kappa shape index (κ2) is 10.2. The number of hydrogen-bond acceptors (Lipinski definition) is 4. The number of carbonyl (C=O) groups excluding carboxylic acids is 2. The summed E-state index contributed by atoms with van der Waals surface area (Å²) in [4.78, 5) is 23.9. The lowest BCUT2D eigenvalue weighted by Crippen LogP contribution is -2.30. The van der Waals surface area contributed by atoms with Gasteiger partial charge in [0.05, 0.1) is 6.61 Å². The molecule has 2 aromatic rings. The van der Waals surface area contributed by atoms with Gasteiger partial charge in [-0.1, -0.05) is 23.2 Å². The molecular formula is C20H21Cl2NO4. The Kier molecular flexibility index (Phi) is 7.95. The van der Waals surface area contributed by atoms with Crippen molar-refractivity contribution >= 4 is 40.8 Å². The van der Waals surface area contributed by atoms with E-state index in [1.807, 2.05) is 13.0 Å². The van der Waals surface area contributed by atoms with Crippen LogP contribution in [0.25, 0.3) is 0 Å². The molecule has 0 aromatic heterocycles. The molecule has 1 atom stereocenters. The lowest BCUT2D eigenvalue weighted by atomic mass is 10.2. The summed E-state index contributed by atoms with van der Waals surface area (Å²) in [6.07, 6.45) is -0.259. The van der Waals surface area contributed by atoms with Crippen LogP contribution in [-0.2, 0) is 14.3 Å². The Bertz CT molecular complexity index is 793. The fraction of sp³-hybridized carbons (Fsp3) is 0.300. The predicted octanol–water partition coefficient (Wildman–Crippen LogP) is 5.03. The molecule has 0 saturated carbocycles. The molecule has 2 aromatic carbocycles. The van der Waals surface area contributed by atoms with Gasteiger partial charge in [0.15, 0.2) is 6.10 Å². The van der Waals surface area contributed by atoms with E-state index in [0.717, 1.165) is 5.56 Å². The molecule has 5 nitrogen and oxygen atoms in total. The zero-order chi connectivity index (χ0) is 19.8. The van der Waals surface area contributed by atoms with Gasteiger partial charge in [0.25, 0.3) is 5.91 Å². The van der Waals surface area contributed by atoms with Gasteiger partial charge in [-0.2, -0.15) is 0 Å². The number of benzene rings is 2. The van der Waals surface area contributed by atoms with Crippen LogP contribution in [0, 0.1) is 6.92 Å². The number of aryl methyl sites for hydroxylation is 1. The summed E-state index contributed by atoms with van der Waals surface area (Å²) in [5, 5.41) is 3.91. The number of carbonyl (C=O) groups is 2. The van der Waals surface area contributed by atoms with E-state index in [0.29, 0.717) is 34.5 Å². The molecule has 0 spiro atoms. The normalized spacial score (nSPS) is 11.6. The molecule has 1 amide bonds.